The highest BCUT2D eigenvalue weighted by Crippen LogP contribution is 2.37. The summed E-state index contributed by atoms with van der Waals surface area (Å²) in [6.45, 7) is 2.02. The van der Waals surface area contributed by atoms with Crippen LogP contribution in [-0.2, 0) is 11.0 Å². The summed E-state index contributed by atoms with van der Waals surface area (Å²) in [6.07, 6.45) is -4.54. The first-order valence-corrected chi connectivity index (χ1v) is 9.60. The number of halogens is 3. The minimum Gasteiger partial charge on any atom is -0.454 e. The molecule has 4 rings (SSSR count). The Kier molecular flexibility index (Phi) is 4.99. The Bertz CT molecular complexity index is 1100. The molecular weight excluding hydrogens is 405 g/mol. The van der Waals surface area contributed by atoms with E-state index >= 15 is 0 Å². The Morgan fingerprint density at radius 2 is 1.90 bits per heavy atom. The van der Waals surface area contributed by atoms with Crippen LogP contribution in [0.25, 0.3) is 10.9 Å². The van der Waals surface area contributed by atoms with Gasteiger partial charge in [0.25, 0.3) is 0 Å². The zero-order chi connectivity index (χ0) is 20.6. The number of carbonyl (C=O) groups excluding carboxylic acids is 1. The zero-order valence-corrected chi connectivity index (χ0v) is 16.0. The number of anilines is 1. The van der Waals surface area contributed by atoms with Gasteiger partial charge in [0.2, 0.25) is 12.7 Å². The number of rotatable bonds is 4. The van der Waals surface area contributed by atoms with Crippen molar-refractivity contribution >= 4 is 34.3 Å². The molecule has 150 valence electrons. The summed E-state index contributed by atoms with van der Waals surface area (Å²) < 4.78 is 49.9. The van der Waals surface area contributed by atoms with E-state index in [1.807, 2.05) is 19.1 Å². The molecule has 9 heteroatoms. The van der Waals surface area contributed by atoms with Crippen molar-refractivity contribution in [3.05, 3.63) is 53.6 Å². The summed E-state index contributed by atoms with van der Waals surface area (Å²) in [4.78, 5) is 16.8. The number of alkyl halides is 3. The first-order chi connectivity index (χ1) is 13.8. The van der Waals surface area contributed by atoms with E-state index in [1.165, 1.54) is 18.2 Å². The van der Waals surface area contributed by atoms with Gasteiger partial charge < -0.3 is 14.8 Å². The highest BCUT2D eigenvalue weighted by molar-refractivity contribution is 8.00. The maximum absolute atomic E-state index is 13.1. The number of nitrogens with one attached hydrogen (secondary N) is 1. The standard InChI is InChI=1S/C20H15F3N2O3S/c1-11-6-12-7-16-17(28-10-27-16)8-15(12)25-19(11)29-9-18(26)24-14-5-3-2-4-13(14)20(21,22)23/h2-8H,9-10H2,1H3,(H,24,26). The summed E-state index contributed by atoms with van der Waals surface area (Å²) in [5, 5.41) is 3.83. The number of carbonyl (C=O) groups is 1. The zero-order valence-electron chi connectivity index (χ0n) is 15.2. The van der Waals surface area contributed by atoms with Crippen LogP contribution in [0.1, 0.15) is 11.1 Å². The number of nitrogens with zero attached hydrogens (tertiary/aromatic N) is 1. The maximum atomic E-state index is 13.1. The first-order valence-electron chi connectivity index (χ1n) is 8.61. The van der Waals surface area contributed by atoms with E-state index in [4.69, 9.17) is 9.47 Å². The Morgan fingerprint density at radius 3 is 2.66 bits per heavy atom. The lowest BCUT2D eigenvalue weighted by atomic mass is 10.1. The van der Waals surface area contributed by atoms with Crippen LogP contribution >= 0.6 is 11.8 Å². The van der Waals surface area contributed by atoms with Crippen LogP contribution in [0.4, 0.5) is 18.9 Å². The van der Waals surface area contributed by atoms with Gasteiger partial charge in [-0.25, -0.2) is 4.98 Å². The van der Waals surface area contributed by atoms with Crippen LogP contribution in [0, 0.1) is 6.92 Å². The topological polar surface area (TPSA) is 60.5 Å². The molecule has 2 aromatic carbocycles. The van der Waals surface area contributed by atoms with Crippen LogP contribution in [-0.4, -0.2) is 23.4 Å². The average molecular weight is 420 g/mol. The number of fused-ring (bicyclic) bond motifs is 2. The predicted molar refractivity (Wildman–Crippen MR) is 103 cm³/mol. The van der Waals surface area contributed by atoms with Gasteiger partial charge in [0.1, 0.15) is 5.03 Å². The molecule has 0 radical (unpaired) electrons. The van der Waals surface area contributed by atoms with E-state index < -0.39 is 17.6 Å². The second-order valence-electron chi connectivity index (χ2n) is 6.39. The van der Waals surface area contributed by atoms with Gasteiger partial charge in [0.05, 0.1) is 22.5 Å². The Labute approximate surface area is 168 Å². The Hall–Kier alpha value is -2.94. The van der Waals surface area contributed by atoms with E-state index in [0.717, 1.165) is 28.8 Å². The largest absolute Gasteiger partial charge is 0.454 e. The predicted octanol–water partition coefficient (Wildman–Crippen LogP) is 5.02. The lowest BCUT2D eigenvalue weighted by Crippen LogP contribution is -2.18. The highest BCUT2D eigenvalue weighted by Gasteiger charge is 2.33. The van der Waals surface area contributed by atoms with Crippen molar-refractivity contribution in [1.82, 2.24) is 4.98 Å². The monoisotopic (exact) mass is 420 g/mol. The summed E-state index contributed by atoms with van der Waals surface area (Å²) in [5.74, 6) is 0.641. The minimum atomic E-state index is -4.54. The van der Waals surface area contributed by atoms with Gasteiger partial charge in [-0.2, -0.15) is 13.2 Å². The summed E-state index contributed by atoms with van der Waals surface area (Å²) in [5.41, 5.74) is 0.394. The fraction of sp³-hybridized carbons (Fsp3) is 0.200. The van der Waals surface area contributed by atoms with Crippen molar-refractivity contribution in [2.24, 2.45) is 0 Å². The Morgan fingerprint density at radius 1 is 1.17 bits per heavy atom. The number of aryl methyl sites for hydroxylation is 1. The molecule has 3 aromatic rings. The molecule has 0 spiro atoms. The number of amides is 1. The van der Waals surface area contributed by atoms with E-state index in [2.05, 4.69) is 10.3 Å². The minimum absolute atomic E-state index is 0.0733. The molecular formula is C20H15F3N2O3S. The lowest BCUT2D eigenvalue weighted by molar-refractivity contribution is -0.137. The van der Waals surface area contributed by atoms with Gasteiger partial charge in [0, 0.05) is 11.5 Å². The number of thioether (sulfide) groups is 1. The summed E-state index contributed by atoms with van der Waals surface area (Å²) in [7, 11) is 0. The van der Waals surface area contributed by atoms with Gasteiger partial charge in [-0.3, -0.25) is 4.79 Å². The van der Waals surface area contributed by atoms with Crippen molar-refractivity contribution in [2.45, 2.75) is 18.1 Å². The average Bonchev–Trinajstić information content (AvgIpc) is 3.11. The molecule has 0 saturated heterocycles. The van der Waals surface area contributed by atoms with Gasteiger partial charge in [-0.05, 0) is 36.8 Å². The molecule has 1 N–H and O–H groups in total. The normalized spacial score (nSPS) is 13.0. The van der Waals surface area contributed by atoms with Gasteiger partial charge in [-0.1, -0.05) is 23.9 Å². The summed E-state index contributed by atoms with van der Waals surface area (Å²) in [6, 6.07) is 10.4. The third-order valence-corrected chi connectivity index (χ3v) is 5.39. The molecule has 0 atom stereocenters. The van der Waals surface area contributed by atoms with E-state index in [1.54, 1.807) is 6.07 Å². The lowest BCUT2D eigenvalue weighted by Gasteiger charge is -2.13. The Balaban J connectivity index is 1.49. The number of pyridine rings is 1. The molecule has 2 heterocycles. The molecule has 0 unspecified atom stereocenters. The molecule has 29 heavy (non-hydrogen) atoms. The van der Waals surface area contributed by atoms with Gasteiger partial charge >= 0.3 is 6.18 Å². The number of para-hydroxylation sites is 1. The molecule has 1 aromatic heterocycles. The molecule has 1 amide bonds. The van der Waals surface area contributed by atoms with Crippen LogP contribution in [0.15, 0.2) is 47.5 Å². The molecule has 0 fully saturated rings. The van der Waals surface area contributed by atoms with Crippen molar-refractivity contribution in [3.8, 4) is 11.5 Å². The SMILES string of the molecule is Cc1cc2cc3c(cc2nc1SCC(=O)Nc1ccccc1C(F)(F)F)OCO3. The first kappa shape index (κ1) is 19.4. The molecule has 1 aliphatic heterocycles. The number of benzene rings is 2. The fourth-order valence-corrected chi connectivity index (χ4v) is 3.75. The van der Waals surface area contributed by atoms with Crippen LogP contribution in [0.3, 0.4) is 0 Å². The van der Waals surface area contributed by atoms with Crippen LogP contribution in [0.2, 0.25) is 0 Å². The molecule has 1 aliphatic rings. The van der Waals surface area contributed by atoms with Crippen molar-refractivity contribution < 1.29 is 27.4 Å². The second-order valence-corrected chi connectivity index (χ2v) is 7.35. The van der Waals surface area contributed by atoms with Crippen LogP contribution in [0.5, 0.6) is 11.5 Å². The molecule has 0 bridgehead atoms. The molecule has 0 aliphatic carbocycles. The smallest absolute Gasteiger partial charge is 0.418 e. The van der Waals surface area contributed by atoms with Crippen molar-refractivity contribution in [2.75, 3.05) is 17.9 Å². The maximum Gasteiger partial charge on any atom is 0.418 e. The van der Waals surface area contributed by atoms with E-state index in [0.29, 0.717) is 22.0 Å². The third kappa shape index (κ3) is 4.09. The number of aromatic nitrogens is 1. The molecule has 5 nitrogen and oxygen atoms in total. The highest BCUT2D eigenvalue weighted by atomic mass is 32.2. The van der Waals surface area contributed by atoms with Crippen LogP contribution < -0.4 is 14.8 Å². The number of hydrogen-bond donors (Lipinski definition) is 1. The van der Waals surface area contributed by atoms with Gasteiger partial charge in [0.15, 0.2) is 11.5 Å². The number of hydrogen-bond acceptors (Lipinski definition) is 5. The van der Waals surface area contributed by atoms with E-state index in [9.17, 15) is 18.0 Å². The summed E-state index contributed by atoms with van der Waals surface area (Å²) >= 11 is 1.16. The van der Waals surface area contributed by atoms with E-state index in [-0.39, 0.29) is 18.2 Å². The fourth-order valence-electron chi connectivity index (χ4n) is 2.96. The third-order valence-electron chi connectivity index (χ3n) is 4.30. The van der Waals surface area contributed by atoms with Gasteiger partial charge in [-0.15, -0.1) is 0 Å². The molecule has 0 saturated carbocycles. The quantitative estimate of drug-likeness (QED) is 0.601. The second kappa shape index (κ2) is 7.47. The van der Waals surface area contributed by atoms with Crippen molar-refractivity contribution in [1.29, 1.82) is 0 Å². The number of ether oxygens (including phenoxy) is 2. The van der Waals surface area contributed by atoms with Crippen molar-refractivity contribution in [3.63, 3.8) is 0 Å².